The summed E-state index contributed by atoms with van der Waals surface area (Å²) in [5, 5.41) is 21.7. The Morgan fingerprint density at radius 2 is 1.90 bits per heavy atom. The lowest BCUT2D eigenvalue weighted by atomic mass is 10.1. The number of nitrogens with zero attached hydrogens (tertiary/aromatic N) is 5. The van der Waals surface area contributed by atoms with Crippen molar-refractivity contribution in [3.05, 3.63) is 65.2 Å². The van der Waals surface area contributed by atoms with Crippen molar-refractivity contribution in [1.82, 2.24) is 25.0 Å². The van der Waals surface area contributed by atoms with Gasteiger partial charge in [0.1, 0.15) is 5.01 Å². The summed E-state index contributed by atoms with van der Waals surface area (Å²) in [7, 11) is 0. The molecule has 2 aromatic carbocycles. The van der Waals surface area contributed by atoms with Crippen LogP contribution in [0.3, 0.4) is 0 Å². The molecule has 1 N–H and O–H groups in total. The molecule has 0 atom stereocenters. The lowest BCUT2D eigenvalue weighted by Crippen LogP contribution is -2.14. The number of thioether (sulfide) groups is 1. The van der Waals surface area contributed by atoms with Crippen LogP contribution in [0.5, 0.6) is 0 Å². The van der Waals surface area contributed by atoms with Crippen molar-refractivity contribution in [2.24, 2.45) is 0 Å². The van der Waals surface area contributed by atoms with Crippen LogP contribution in [0.2, 0.25) is 0 Å². The molecular formula is C21H20N6OS2. The van der Waals surface area contributed by atoms with E-state index in [2.05, 4.69) is 31.8 Å². The van der Waals surface area contributed by atoms with E-state index in [1.54, 1.807) is 0 Å². The molecule has 2 aromatic heterocycles. The number of carbonyl (C=O) groups is 1. The fourth-order valence-electron chi connectivity index (χ4n) is 2.88. The van der Waals surface area contributed by atoms with Crippen LogP contribution in [0.15, 0.2) is 59.8 Å². The highest BCUT2D eigenvalue weighted by molar-refractivity contribution is 7.99. The number of hydrogen-bond acceptors (Lipinski definition) is 7. The molecular weight excluding hydrogens is 416 g/mol. The predicted molar refractivity (Wildman–Crippen MR) is 120 cm³/mol. The molecule has 4 aromatic rings. The van der Waals surface area contributed by atoms with E-state index in [1.807, 2.05) is 66.9 Å². The number of para-hydroxylation sites is 1. The molecule has 0 bridgehead atoms. The quantitative estimate of drug-likeness (QED) is 0.433. The van der Waals surface area contributed by atoms with Gasteiger partial charge in [-0.1, -0.05) is 72.0 Å². The lowest BCUT2D eigenvalue weighted by molar-refractivity contribution is -0.113. The van der Waals surface area contributed by atoms with Crippen molar-refractivity contribution in [2.75, 3.05) is 11.1 Å². The topological polar surface area (TPSA) is 85.6 Å². The average molecular weight is 437 g/mol. The summed E-state index contributed by atoms with van der Waals surface area (Å²) in [5.41, 5.74) is 3.06. The minimum absolute atomic E-state index is 0.154. The van der Waals surface area contributed by atoms with Crippen LogP contribution in [-0.2, 0) is 11.2 Å². The molecule has 152 valence electrons. The minimum Gasteiger partial charge on any atom is -0.300 e. The van der Waals surface area contributed by atoms with Crippen molar-refractivity contribution < 1.29 is 4.79 Å². The molecule has 0 aliphatic carbocycles. The molecule has 9 heteroatoms. The van der Waals surface area contributed by atoms with Gasteiger partial charge in [0.15, 0.2) is 11.0 Å². The van der Waals surface area contributed by atoms with Crippen LogP contribution < -0.4 is 5.32 Å². The summed E-state index contributed by atoms with van der Waals surface area (Å²) in [6.07, 6.45) is 0.796. The third kappa shape index (κ3) is 4.58. The second-order valence-electron chi connectivity index (χ2n) is 6.54. The first-order valence-corrected chi connectivity index (χ1v) is 11.3. The minimum atomic E-state index is -0.154. The number of aromatic nitrogens is 5. The van der Waals surface area contributed by atoms with Crippen LogP contribution in [-0.4, -0.2) is 36.6 Å². The predicted octanol–water partition coefficient (Wildman–Crippen LogP) is 4.39. The van der Waals surface area contributed by atoms with E-state index < -0.39 is 0 Å². The number of nitrogens with one attached hydrogen (secondary N) is 1. The Bertz CT molecular complexity index is 1160. The van der Waals surface area contributed by atoms with Gasteiger partial charge in [0.05, 0.1) is 5.75 Å². The molecule has 0 radical (unpaired) electrons. The number of anilines is 1. The Labute approximate surface area is 182 Å². The zero-order chi connectivity index (χ0) is 20.9. The van der Waals surface area contributed by atoms with Crippen LogP contribution in [0.1, 0.15) is 17.5 Å². The summed E-state index contributed by atoms with van der Waals surface area (Å²) in [4.78, 5) is 12.4. The third-order valence-electron chi connectivity index (χ3n) is 4.27. The van der Waals surface area contributed by atoms with Crippen molar-refractivity contribution in [3.63, 3.8) is 0 Å². The van der Waals surface area contributed by atoms with Gasteiger partial charge in [0.2, 0.25) is 11.0 Å². The van der Waals surface area contributed by atoms with Crippen LogP contribution in [0.25, 0.3) is 17.1 Å². The molecule has 0 unspecified atom stereocenters. The fraction of sp³-hybridized carbons (Fsp3) is 0.190. The highest BCUT2D eigenvalue weighted by Crippen LogP contribution is 2.28. The second kappa shape index (κ2) is 9.19. The first-order chi connectivity index (χ1) is 14.6. The maximum absolute atomic E-state index is 12.4. The van der Waals surface area contributed by atoms with E-state index in [0.29, 0.717) is 10.3 Å². The molecule has 0 saturated heterocycles. The van der Waals surface area contributed by atoms with E-state index in [9.17, 15) is 4.79 Å². The van der Waals surface area contributed by atoms with Gasteiger partial charge in [-0.05, 0) is 31.5 Å². The highest BCUT2D eigenvalue weighted by Gasteiger charge is 2.18. The summed E-state index contributed by atoms with van der Waals surface area (Å²) in [5.74, 6) is 0.780. The number of aryl methyl sites for hydroxylation is 2. The molecule has 1 amide bonds. The Hall–Kier alpha value is -3.04. The van der Waals surface area contributed by atoms with Crippen molar-refractivity contribution >= 4 is 34.1 Å². The Kier molecular flexibility index (Phi) is 6.20. The van der Waals surface area contributed by atoms with E-state index in [4.69, 9.17) is 0 Å². The Morgan fingerprint density at radius 1 is 1.07 bits per heavy atom. The van der Waals surface area contributed by atoms with Gasteiger partial charge < -0.3 is 0 Å². The number of rotatable bonds is 7. The van der Waals surface area contributed by atoms with E-state index in [-0.39, 0.29) is 11.7 Å². The van der Waals surface area contributed by atoms with Gasteiger partial charge in [-0.3, -0.25) is 14.7 Å². The summed E-state index contributed by atoms with van der Waals surface area (Å²) >= 11 is 2.72. The fourth-order valence-corrected chi connectivity index (χ4v) is 4.32. The van der Waals surface area contributed by atoms with Gasteiger partial charge in [-0.25, -0.2) is 0 Å². The zero-order valence-electron chi connectivity index (χ0n) is 16.6. The average Bonchev–Trinajstić information content (AvgIpc) is 3.39. The summed E-state index contributed by atoms with van der Waals surface area (Å²) < 4.78 is 1.98. The Morgan fingerprint density at radius 3 is 2.63 bits per heavy atom. The molecule has 0 fully saturated rings. The maximum Gasteiger partial charge on any atom is 0.236 e. The summed E-state index contributed by atoms with van der Waals surface area (Å²) in [6, 6.07) is 18.0. The molecule has 0 spiro atoms. The first-order valence-electron chi connectivity index (χ1n) is 9.47. The maximum atomic E-state index is 12.4. The summed E-state index contributed by atoms with van der Waals surface area (Å²) in [6.45, 7) is 4.05. The molecule has 0 saturated carbocycles. The lowest BCUT2D eigenvalue weighted by Gasteiger charge is -2.10. The van der Waals surface area contributed by atoms with E-state index in [0.717, 1.165) is 34.1 Å². The van der Waals surface area contributed by atoms with Crippen molar-refractivity contribution in [1.29, 1.82) is 0 Å². The number of benzene rings is 2. The van der Waals surface area contributed by atoms with Crippen LogP contribution in [0.4, 0.5) is 5.13 Å². The van der Waals surface area contributed by atoms with Crippen molar-refractivity contribution in [2.45, 2.75) is 25.4 Å². The van der Waals surface area contributed by atoms with Gasteiger partial charge in [0.25, 0.3) is 0 Å². The van der Waals surface area contributed by atoms with Crippen LogP contribution >= 0.6 is 23.1 Å². The van der Waals surface area contributed by atoms with Crippen LogP contribution in [0, 0.1) is 6.92 Å². The molecule has 0 aliphatic rings. The van der Waals surface area contributed by atoms with Gasteiger partial charge in [0, 0.05) is 11.3 Å². The SMILES string of the molecule is CCc1nnc(NC(=O)CSc2nnc(-c3cccc(C)c3)n2-c2ccccc2)s1. The van der Waals surface area contributed by atoms with Gasteiger partial charge in [-0.15, -0.1) is 20.4 Å². The number of carbonyl (C=O) groups excluding carboxylic acids is 1. The standard InChI is InChI=1S/C21H20N6OS2/c1-3-18-23-25-20(30-18)22-17(28)13-29-21-26-24-19(15-9-7-8-14(2)12-15)27(21)16-10-5-4-6-11-16/h4-12H,3,13H2,1-2H3,(H,22,25,28). The van der Waals surface area contributed by atoms with Gasteiger partial charge >= 0.3 is 0 Å². The number of hydrogen-bond donors (Lipinski definition) is 1. The van der Waals surface area contributed by atoms with E-state index >= 15 is 0 Å². The molecule has 30 heavy (non-hydrogen) atoms. The second-order valence-corrected chi connectivity index (χ2v) is 8.54. The highest BCUT2D eigenvalue weighted by atomic mass is 32.2. The molecule has 0 aliphatic heterocycles. The smallest absolute Gasteiger partial charge is 0.236 e. The number of amides is 1. The first kappa shape index (κ1) is 20.2. The zero-order valence-corrected chi connectivity index (χ0v) is 18.2. The monoisotopic (exact) mass is 436 g/mol. The molecule has 2 heterocycles. The normalized spacial score (nSPS) is 10.9. The largest absolute Gasteiger partial charge is 0.300 e. The van der Waals surface area contributed by atoms with E-state index in [1.165, 1.54) is 23.1 Å². The molecule has 4 rings (SSSR count). The van der Waals surface area contributed by atoms with Crippen molar-refractivity contribution in [3.8, 4) is 17.1 Å². The van der Waals surface area contributed by atoms with Gasteiger partial charge in [-0.2, -0.15) is 0 Å². The molecule has 7 nitrogen and oxygen atoms in total. The Balaban J connectivity index is 1.58. The third-order valence-corrected chi connectivity index (χ3v) is 6.18.